The maximum Gasteiger partial charge on any atom is 0.328 e. The molecule has 1 fully saturated rings. The molecule has 1 amide bonds. The number of esters is 1. The number of anilines is 1. The fraction of sp³-hybridized carbons (Fsp3) is 0.304. The Bertz CT molecular complexity index is 1020. The van der Waals surface area contributed by atoms with Crippen molar-refractivity contribution in [3.63, 3.8) is 0 Å². The zero-order valence-corrected chi connectivity index (χ0v) is 16.9. The number of hydrogen-bond donors (Lipinski definition) is 2. The van der Waals surface area contributed by atoms with Crippen molar-refractivity contribution < 1.29 is 19.1 Å². The summed E-state index contributed by atoms with van der Waals surface area (Å²) < 4.78 is 10.3. The number of aromatic amines is 1. The Labute approximate surface area is 175 Å². The van der Waals surface area contributed by atoms with Crippen LogP contribution in [0.2, 0.25) is 0 Å². The van der Waals surface area contributed by atoms with Crippen molar-refractivity contribution in [3.8, 4) is 0 Å². The van der Waals surface area contributed by atoms with E-state index in [2.05, 4.69) is 15.2 Å². The summed E-state index contributed by atoms with van der Waals surface area (Å²) in [6.07, 6.45) is 2.21. The number of rotatable bonds is 6. The second kappa shape index (κ2) is 9.00. The molecule has 4 rings (SSSR count). The normalized spacial score (nSPS) is 15.0. The molecular weight excluding hydrogens is 382 g/mol. The minimum absolute atomic E-state index is 0.307. The van der Waals surface area contributed by atoms with Crippen molar-refractivity contribution in [1.29, 1.82) is 0 Å². The van der Waals surface area contributed by atoms with E-state index in [1.54, 1.807) is 12.1 Å². The zero-order chi connectivity index (χ0) is 20.9. The lowest BCUT2D eigenvalue weighted by molar-refractivity contribution is -0.142. The van der Waals surface area contributed by atoms with Gasteiger partial charge in [0.2, 0.25) is 0 Å². The van der Waals surface area contributed by atoms with Gasteiger partial charge in [-0.1, -0.05) is 18.2 Å². The largest absolute Gasteiger partial charge is 0.467 e. The van der Waals surface area contributed by atoms with E-state index in [4.69, 9.17) is 9.47 Å². The lowest BCUT2D eigenvalue weighted by Gasteiger charge is -2.28. The molecule has 1 aliphatic rings. The molecule has 2 aromatic carbocycles. The first-order chi connectivity index (χ1) is 14.7. The van der Waals surface area contributed by atoms with Crippen LogP contribution >= 0.6 is 0 Å². The summed E-state index contributed by atoms with van der Waals surface area (Å²) >= 11 is 0. The number of para-hydroxylation sites is 1. The van der Waals surface area contributed by atoms with Gasteiger partial charge in [0, 0.05) is 47.9 Å². The number of methoxy groups -OCH3 is 1. The van der Waals surface area contributed by atoms with Crippen molar-refractivity contribution in [3.05, 3.63) is 65.9 Å². The number of amides is 1. The number of H-pyrrole nitrogens is 1. The number of benzene rings is 2. The van der Waals surface area contributed by atoms with Gasteiger partial charge in [-0.05, 0) is 35.9 Å². The van der Waals surface area contributed by atoms with Crippen LogP contribution in [0.5, 0.6) is 0 Å². The first-order valence-corrected chi connectivity index (χ1v) is 10.0. The number of ether oxygens (including phenoxy) is 2. The molecule has 1 aromatic heterocycles. The number of carbonyl (C=O) groups excluding carboxylic acids is 2. The van der Waals surface area contributed by atoms with Crippen LogP contribution in [-0.4, -0.2) is 56.3 Å². The van der Waals surface area contributed by atoms with Crippen molar-refractivity contribution in [2.75, 3.05) is 38.3 Å². The highest BCUT2D eigenvalue weighted by atomic mass is 16.5. The number of hydrogen-bond acceptors (Lipinski definition) is 5. The predicted octanol–water partition coefficient (Wildman–Crippen LogP) is 2.52. The maximum atomic E-state index is 12.8. The Morgan fingerprint density at radius 1 is 1.13 bits per heavy atom. The number of fused-ring (bicyclic) bond motifs is 1. The molecule has 7 heteroatoms. The minimum Gasteiger partial charge on any atom is -0.467 e. The fourth-order valence-corrected chi connectivity index (χ4v) is 3.74. The third kappa shape index (κ3) is 4.31. The lowest BCUT2D eigenvalue weighted by Crippen LogP contribution is -2.43. The summed E-state index contributed by atoms with van der Waals surface area (Å²) in [5.41, 5.74) is 3.49. The lowest BCUT2D eigenvalue weighted by atomic mass is 10.0. The highest BCUT2D eigenvalue weighted by molar-refractivity contribution is 5.97. The Morgan fingerprint density at radius 3 is 2.60 bits per heavy atom. The summed E-state index contributed by atoms with van der Waals surface area (Å²) in [6.45, 7) is 3.08. The second-order valence-electron chi connectivity index (χ2n) is 7.26. The van der Waals surface area contributed by atoms with Gasteiger partial charge >= 0.3 is 5.97 Å². The number of nitrogens with one attached hydrogen (secondary N) is 2. The summed E-state index contributed by atoms with van der Waals surface area (Å²) in [5.74, 6) is -0.780. The zero-order valence-electron chi connectivity index (χ0n) is 16.9. The van der Waals surface area contributed by atoms with Gasteiger partial charge in [0.25, 0.3) is 5.91 Å². The third-order valence-corrected chi connectivity index (χ3v) is 5.40. The van der Waals surface area contributed by atoms with Crippen molar-refractivity contribution in [2.24, 2.45) is 0 Å². The van der Waals surface area contributed by atoms with Crippen LogP contribution in [0.3, 0.4) is 0 Å². The predicted molar refractivity (Wildman–Crippen MR) is 115 cm³/mol. The van der Waals surface area contributed by atoms with Gasteiger partial charge in [0.15, 0.2) is 0 Å². The van der Waals surface area contributed by atoms with Crippen molar-refractivity contribution in [2.45, 2.75) is 12.5 Å². The molecule has 1 aliphatic heterocycles. The maximum absolute atomic E-state index is 12.8. The van der Waals surface area contributed by atoms with Gasteiger partial charge < -0.3 is 24.7 Å². The van der Waals surface area contributed by atoms with Crippen LogP contribution in [0.1, 0.15) is 15.9 Å². The SMILES string of the molecule is COC(=O)[C@@H](Cc1c[nH]c2ccccc12)NC(=O)c1ccc(N2CCOCC2)cc1. The second-order valence-corrected chi connectivity index (χ2v) is 7.26. The Balaban J connectivity index is 1.47. The van der Waals surface area contributed by atoms with E-state index in [1.807, 2.05) is 42.6 Å². The van der Waals surface area contributed by atoms with Gasteiger partial charge in [-0.15, -0.1) is 0 Å². The average Bonchev–Trinajstić information content (AvgIpc) is 3.21. The standard InChI is InChI=1S/C23H25N3O4/c1-29-23(28)21(14-17-15-24-20-5-3-2-4-19(17)20)25-22(27)16-6-8-18(9-7-16)26-10-12-30-13-11-26/h2-9,15,21,24H,10-14H2,1H3,(H,25,27)/t21-/m1/s1. The van der Waals surface area contributed by atoms with E-state index < -0.39 is 12.0 Å². The molecule has 2 N–H and O–H groups in total. The minimum atomic E-state index is -0.777. The number of morpholine rings is 1. The van der Waals surface area contributed by atoms with Gasteiger partial charge in [0.05, 0.1) is 20.3 Å². The molecule has 0 unspecified atom stereocenters. The molecular formula is C23H25N3O4. The monoisotopic (exact) mass is 407 g/mol. The van der Waals surface area contributed by atoms with E-state index >= 15 is 0 Å². The highest BCUT2D eigenvalue weighted by Gasteiger charge is 2.24. The molecule has 3 aromatic rings. The van der Waals surface area contributed by atoms with Gasteiger partial charge in [-0.3, -0.25) is 4.79 Å². The van der Waals surface area contributed by atoms with Crippen LogP contribution in [0.25, 0.3) is 10.9 Å². The number of aromatic nitrogens is 1. The molecule has 2 heterocycles. The van der Waals surface area contributed by atoms with E-state index in [1.165, 1.54) is 7.11 Å². The molecule has 0 spiro atoms. The number of carbonyl (C=O) groups is 2. The summed E-state index contributed by atoms with van der Waals surface area (Å²) in [6, 6.07) is 14.5. The highest BCUT2D eigenvalue weighted by Crippen LogP contribution is 2.20. The topological polar surface area (TPSA) is 83.7 Å². The molecule has 1 saturated heterocycles. The average molecular weight is 407 g/mol. The first-order valence-electron chi connectivity index (χ1n) is 10.0. The quantitative estimate of drug-likeness (QED) is 0.614. The summed E-state index contributed by atoms with van der Waals surface area (Å²) in [7, 11) is 1.33. The molecule has 0 aliphatic carbocycles. The molecule has 7 nitrogen and oxygen atoms in total. The van der Waals surface area contributed by atoms with E-state index in [0.717, 1.165) is 35.2 Å². The van der Waals surface area contributed by atoms with Crippen molar-refractivity contribution >= 4 is 28.5 Å². The van der Waals surface area contributed by atoms with Gasteiger partial charge in [-0.2, -0.15) is 0 Å². The summed E-state index contributed by atoms with van der Waals surface area (Å²) in [5, 5.41) is 3.85. The Morgan fingerprint density at radius 2 is 1.87 bits per heavy atom. The first kappa shape index (κ1) is 20.0. The smallest absolute Gasteiger partial charge is 0.328 e. The van der Waals surface area contributed by atoms with E-state index in [0.29, 0.717) is 25.2 Å². The van der Waals surface area contributed by atoms with Gasteiger partial charge in [0.1, 0.15) is 6.04 Å². The van der Waals surface area contributed by atoms with Crippen LogP contribution < -0.4 is 10.2 Å². The Hall–Kier alpha value is -3.32. The van der Waals surface area contributed by atoms with Gasteiger partial charge in [-0.25, -0.2) is 4.79 Å². The van der Waals surface area contributed by atoms with Crippen LogP contribution in [-0.2, 0) is 20.7 Å². The van der Waals surface area contributed by atoms with Crippen LogP contribution in [0.15, 0.2) is 54.7 Å². The van der Waals surface area contributed by atoms with Crippen LogP contribution in [0.4, 0.5) is 5.69 Å². The molecule has 156 valence electrons. The molecule has 0 bridgehead atoms. The Kier molecular flexibility index (Phi) is 5.99. The van der Waals surface area contributed by atoms with Crippen LogP contribution in [0, 0.1) is 0 Å². The molecule has 0 radical (unpaired) electrons. The summed E-state index contributed by atoms with van der Waals surface area (Å²) in [4.78, 5) is 30.5. The molecule has 1 atom stereocenters. The fourth-order valence-electron chi connectivity index (χ4n) is 3.74. The number of nitrogens with zero attached hydrogens (tertiary/aromatic N) is 1. The van der Waals surface area contributed by atoms with Crippen molar-refractivity contribution in [1.82, 2.24) is 10.3 Å². The molecule has 30 heavy (non-hydrogen) atoms. The van der Waals surface area contributed by atoms with E-state index in [9.17, 15) is 9.59 Å². The van der Waals surface area contributed by atoms with E-state index in [-0.39, 0.29) is 5.91 Å². The molecule has 0 saturated carbocycles. The third-order valence-electron chi connectivity index (χ3n) is 5.40.